The van der Waals surface area contributed by atoms with Crippen LogP contribution in [0, 0.1) is 0 Å². The van der Waals surface area contributed by atoms with E-state index >= 15 is 0 Å². The molecule has 0 aliphatic carbocycles. The quantitative estimate of drug-likeness (QED) is 0.685. The lowest BCUT2D eigenvalue weighted by Crippen LogP contribution is -2.25. The van der Waals surface area contributed by atoms with Crippen LogP contribution in [0.15, 0.2) is 0 Å². The van der Waals surface area contributed by atoms with Crippen molar-refractivity contribution in [2.75, 3.05) is 27.4 Å². The molecule has 0 saturated carbocycles. The smallest absolute Gasteiger partial charge is 0.0711 e. The highest BCUT2D eigenvalue weighted by Gasteiger charge is 2.22. The summed E-state index contributed by atoms with van der Waals surface area (Å²) in [5.41, 5.74) is 0. The van der Waals surface area contributed by atoms with Crippen LogP contribution in [0.2, 0.25) is 0 Å². The normalized spacial score (nSPS) is 30.0. The van der Waals surface area contributed by atoms with Crippen LogP contribution < -0.4 is 5.32 Å². The van der Waals surface area contributed by atoms with Crippen molar-refractivity contribution < 1.29 is 9.47 Å². The second-order valence-electron chi connectivity index (χ2n) is 2.65. The summed E-state index contributed by atoms with van der Waals surface area (Å²) >= 11 is 0. The van der Waals surface area contributed by atoms with Gasteiger partial charge < -0.3 is 14.8 Å². The van der Waals surface area contributed by atoms with Gasteiger partial charge in [0.1, 0.15) is 0 Å². The van der Waals surface area contributed by atoms with Gasteiger partial charge in [0.25, 0.3) is 0 Å². The molecule has 0 aromatic carbocycles. The van der Waals surface area contributed by atoms with Crippen molar-refractivity contribution in [1.82, 2.24) is 5.32 Å². The molecule has 2 atom stereocenters. The lowest BCUT2D eigenvalue weighted by Gasteiger charge is -2.07. The van der Waals surface area contributed by atoms with Crippen LogP contribution in [0.25, 0.3) is 0 Å². The number of ether oxygens (including phenoxy) is 2. The van der Waals surface area contributed by atoms with Gasteiger partial charge in [0.05, 0.1) is 12.7 Å². The first kappa shape index (κ1) is 11.2. The molecule has 0 spiro atoms. The molecule has 1 saturated heterocycles. The SMILES string of the molecule is COC[C@@H]1C[C@H](OC)CN1.Cl. The van der Waals surface area contributed by atoms with E-state index in [1.165, 1.54) is 0 Å². The fraction of sp³-hybridized carbons (Fsp3) is 1.00. The fourth-order valence-corrected chi connectivity index (χ4v) is 1.29. The largest absolute Gasteiger partial charge is 0.383 e. The van der Waals surface area contributed by atoms with E-state index in [0.29, 0.717) is 12.1 Å². The molecule has 11 heavy (non-hydrogen) atoms. The minimum absolute atomic E-state index is 0. The monoisotopic (exact) mass is 181 g/mol. The molecule has 68 valence electrons. The molecule has 1 rings (SSSR count). The first-order chi connectivity index (χ1) is 4.86. The summed E-state index contributed by atoms with van der Waals surface area (Å²) in [5.74, 6) is 0. The molecule has 1 fully saturated rings. The second-order valence-corrected chi connectivity index (χ2v) is 2.65. The van der Waals surface area contributed by atoms with Crippen LogP contribution in [-0.4, -0.2) is 39.5 Å². The van der Waals surface area contributed by atoms with Crippen LogP contribution >= 0.6 is 12.4 Å². The lowest BCUT2D eigenvalue weighted by atomic mass is 10.2. The van der Waals surface area contributed by atoms with Crippen LogP contribution in [-0.2, 0) is 9.47 Å². The van der Waals surface area contributed by atoms with Crippen molar-refractivity contribution >= 4 is 12.4 Å². The van der Waals surface area contributed by atoms with E-state index in [4.69, 9.17) is 9.47 Å². The van der Waals surface area contributed by atoms with Crippen molar-refractivity contribution in [2.45, 2.75) is 18.6 Å². The van der Waals surface area contributed by atoms with Crippen molar-refractivity contribution in [3.63, 3.8) is 0 Å². The fourth-order valence-electron chi connectivity index (χ4n) is 1.29. The molecule has 4 heteroatoms. The summed E-state index contributed by atoms with van der Waals surface area (Å²) < 4.78 is 10.2. The minimum atomic E-state index is 0. The average molecular weight is 182 g/mol. The summed E-state index contributed by atoms with van der Waals surface area (Å²) in [6, 6.07) is 0.495. The Morgan fingerprint density at radius 2 is 2.18 bits per heavy atom. The standard InChI is InChI=1S/C7H15NO2.ClH/c1-9-5-6-3-7(10-2)4-8-6;/h6-8H,3-5H2,1-2H3;1H/t6-,7-;/m0./s1. The molecular weight excluding hydrogens is 166 g/mol. The van der Waals surface area contributed by atoms with Gasteiger partial charge in [-0.1, -0.05) is 0 Å². The predicted octanol–water partition coefficient (Wildman–Crippen LogP) is 0.432. The van der Waals surface area contributed by atoms with Gasteiger partial charge in [0, 0.05) is 26.8 Å². The number of nitrogens with one attached hydrogen (secondary N) is 1. The van der Waals surface area contributed by atoms with E-state index in [1.54, 1.807) is 14.2 Å². The predicted molar refractivity (Wildman–Crippen MR) is 46.3 cm³/mol. The summed E-state index contributed by atoms with van der Waals surface area (Å²) in [7, 11) is 3.48. The number of rotatable bonds is 3. The second kappa shape index (κ2) is 5.77. The lowest BCUT2D eigenvalue weighted by molar-refractivity contribution is 0.110. The summed E-state index contributed by atoms with van der Waals surface area (Å²) in [5, 5.41) is 3.31. The van der Waals surface area contributed by atoms with Gasteiger partial charge >= 0.3 is 0 Å². The van der Waals surface area contributed by atoms with Gasteiger partial charge in [-0.3, -0.25) is 0 Å². The Kier molecular flexibility index (Phi) is 5.86. The molecular formula is C7H16ClNO2. The highest BCUT2D eigenvalue weighted by Crippen LogP contribution is 2.08. The number of hydrogen-bond donors (Lipinski definition) is 1. The molecule has 0 aromatic heterocycles. The Morgan fingerprint density at radius 1 is 1.45 bits per heavy atom. The third-order valence-electron chi connectivity index (χ3n) is 1.88. The van der Waals surface area contributed by atoms with Crippen LogP contribution in [0.1, 0.15) is 6.42 Å². The van der Waals surface area contributed by atoms with E-state index in [-0.39, 0.29) is 12.4 Å². The zero-order chi connectivity index (χ0) is 7.40. The Bertz CT molecular complexity index is 102. The zero-order valence-corrected chi connectivity index (χ0v) is 7.82. The molecule has 1 N–H and O–H groups in total. The van der Waals surface area contributed by atoms with E-state index in [0.717, 1.165) is 19.6 Å². The van der Waals surface area contributed by atoms with Gasteiger partial charge in [0.2, 0.25) is 0 Å². The van der Waals surface area contributed by atoms with Crippen molar-refractivity contribution in [3.05, 3.63) is 0 Å². The van der Waals surface area contributed by atoms with E-state index in [2.05, 4.69) is 5.32 Å². The number of halogens is 1. The highest BCUT2D eigenvalue weighted by atomic mass is 35.5. The third-order valence-corrected chi connectivity index (χ3v) is 1.88. The molecule has 0 bridgehead atoms. The van der Waals surface area contributed by atoms with Crippen LogP contribution in [0.4, 0.5) is 0 Å². The van der Waals surface area contributed by atoms with Crippen molar-refractivity contribution in [3.8, 4) is 0 Å². The third kappa shape index (κ3) is 3.38. The molecule has 1 heterocycles. The van der Waals surface area contributed by atoms with Crippen LogP contribution in [0.3, 0.4) is 0 Å². The van der Waals surface area contributed by atoms with Crippen molar-refractivity contribution in [2.24, 2.45) is 0 Å². The van der Waals surface area contributed by atoms with E-state index in [9.17, 15) is 0 Å². The molecule has 0 aromatic rings. The van der Waals surface area contributed by atoms with Crippen LogP contribution in [0.5, 0.6) is 0 Å². The highest BCUT2D eigenvalue weighted by molar-refractivity contribution is 5.85. The summed E-state index contributed by atoms with van der Waals surface area (Å²) in [4.78, 5) is 0. The zero-order valence-electron chi connectivity index (χ0n) is 7.00. The summed E-state index contributed by atoms with van der Waals surface area (Å²) in [6.45, 7) is 1.75. The Hall–Kier alpha value is 0.170. The number of methoxy groups -OCH3 is 2. The first-order valence-corrected chi connectivity index (χ1v) is 3.62. The molecule has 0 unspecified atom stereocenters. The van der Waals surface area contributed by atoms with E-state index in [1.807, 2.05) is 0 Å². The minimum Gasteiger partial charge on any atom is -0.383 e. The average Bonchev–Trinajstić information content (AvgIpc) is 2.37. The topological polar surface area (TPSA) is 30.5 Å². The Balaban J connectivity index is 0.000001000. The van der Waals surface area contributed by atoms with Gasteiger partial charge in [-0.15, -0.1) is 12.4 Å². The van der Waals surface area contributed by atoms with Gasteiger partial charge in [-0.2, -0.15) is 0 Å². The van der Waals surface area contributed by atoms with Gasteiger partial charge in [-0.25, -0.2) is 0 Å². The molecule has 0 radical (unpaired) electrons. The Morgan fingerprint density at radius 3 is 2.64 bits per heavy atom. The van der Waals surface area contributed by atoms with Gasteiger partial charge in [0.15, 0.2) is 0 Å². The molecule has 0 amide bonds. The first-order valence-electron chi connectivity index (χ1n) is 3.62. The maximum absolute atomic E-state index is 5.17. The summed E-state index contributed by atoms with van der Waals surface area (Å²) in [6.07, 6.45) is 1.46. The van der Waals surface area contributed by atoms with Crippen molar-refractivity contribution in [1.29, 1.82) is 0 Å². The number of hydrogen-bond acceptors (Lipinski definition) is 3. The molecule has 1 aliphatic rings. The maximum Gasteiger partial charge on any atom is 0.0711 e. The van der Waals surface area contributed by atoms with E-state index < -0.39 is 0 Å². The molecule has 3 nitrogen and oxygen atoms in total. The van der Waals surface area contributed by atoms with Gasteiger partial charge in [-0.05, 0) is 6.42 Å². The Labute approximate surface area is 73.9 Å². The maximum atomic E-state index is 5.17. The molecule has 1 aliphatic heterocycles.